The minimum Gasteiger partial charge on any atom is -0.481 e. The zero-order chi connectivity index (χ0) is 11.1. The molecular formula is C10H16O5. The van der Waals surface area contributed by atoms with E-state index in [0.717, 1.165) is 0 Å². The van der Waals surface area contributed by atoms with Crippen molar-refractivity contribution in [1.82, 2.24) is 0 Å². The molecule has 3 aliphatic heterocycles. The first-order valence-electron chi connectivity index (χ1n) is 5.16. The first-order chi connectivity index (χ1) is 7.01. The summed E-state index contributed by atoms with van der Waals surface area (Å²) >= 11 is 0. The maximum Gasteiger partial charge on any atom is 0.314 e. The van der Waals surface area contributed by atoms with Crippen molar-refractivity contribution < 1.29 is 24.1 Å². The molecule has 0 amide bonds. The predicted molar refractivity (Wildman–Crippen MR) is 50.1 cm³/mol. The number of fused-ring (bicyclic) bond motifs is 3. The molecule has 5 nitrogen and oxygen atoms in total. The Hall–Kier alpha value is -0.650. The summed E-state index contributed by atoms with van der Waals surface area (Å²) in [6, 6.07) is 0. The Bertz CT molecular complexity index is 250. The van der Waals surface area contributed by atoms with Crippen molar-refractivity contribution in [1.29, 1.82) is 0 Å². The van der Waals surface area contributed by atoms with E-state index in [0.29, 0.717) is 26.2 Å². The monoisotopic (exact) mass is 216 g/mol. The molecule has 3 fully saturated rings. The van der Waals surface area contributed by atoms with E-state index in [1.54, 1.807) is 6.92 Å². The first kappa shape index (κ1) is 10.9. The maximum atomic E-state index is 11.1. The fraction of sp³-hybridized carbons (Fsp3) is 0.900. The van der Waals surface area contributed by atoms with Crippen LogP contribution in [0.15, 0.2) is 0 Å². The quantitative estimate of drug-likeness (QED) is 0.757. The van der Waals surface area contributed by atoms with Gasteiger partial charge in [0.15, 0.2) is 0 Å². The van der Waals surface area contributed by atoms with Gasteiger partial charge in [0.2, 0.25) is 0 Å². The Morgan fingerprint density at radius 2 is 1.80 bits per heavy atom. The third-order valence-electron chi connectivity index (χ3n) is 3.00. The molecule has 5 heteroatoms. The van der Waals surface area contributed by atoms with Crippen LogP contribution in [0.2, 0.25) is 0 Å². The molecule has 0 radical (unpaired) electrons. The molecule has 15 heavy (non-hydrogen) atoms. The fourth-order valence-corrected chi connectivity index (χ4v) is 1.95. The number of hydrogen-bond acceptors (Lipinski definition) is 4. The van der Waals surface area contributed by atoms with Crippen molar-refractivity contribution in [3.05, 3.63) is 0 Å². The van der Waals surface area contributed by atoms with E-state index in [9.17, 15) is 4.79 Å². The lowest BCUT2D eigenvalue weighted by atomic mass is 9.89. The molecule has 86 valence electrons. The zero-order valence-corrected chi connectivity index (χ0v) is 8.99. The van der Waals surface area contributed by atoms with Gasteiger partial charge in [-0.2, -0.15) is 0 Å². The highest BCUT2D eigenvalue weighted by molar-refractivity contribution is 5.71. The Labute approximate surface area is 88.3 Å². The smallest absolute Gasteiger partial charge is 0.314 e. The third-order valence-corrected chi connectivity index (χ3v) is 3.00. The Kier molecular flexibility index (Phi) is 2.48. The zero-order valence-electron chi connectivity index (χ0n) is 8.99. The van der Waals surface area contributed by atoms with Crippen molar-refractivity contribution in [3.8, 4) is 0 Å². The number of carboxylic acids is 1. The van der Waals surface area contributed by atoms with Gasteiger partial charge in [-0.15, -0.1) is 0 Å². The fourth-order valence-electron chi connectivity index (χ4n) is 1.95. The van der Waals surface area contributed by atoms with Crippen LogP contribution in [0.25, 0.3) is 0 Å². The molecular weight excluding hydrogens is 200 g/mol. The first-order valence-corrected chi connectivity index (χ1v) is 5.16. The Morgan fingerprint density at radius 1 is 1.33 bits per heavy atom. The van der Waals surface area contributed by atoms with Crippen molar-refractivity contribution in [2.45, 2.75) is 26.2 Å². The second kappa shape index (κ2) is 3.43. The van der Waals surface area contributed by atoms with Crippen molar-refractivity contribution in [2.75, 3.05) is 19.8 Å². The van der Waals surface area contributed by atoms with Crippen LogP contribution in [-0.4, -0.2) is 36.9 Å². The lowest BCUT2D eigenvalue weighted by Crippen LogP contribution is -2.63. The summed E-state index contributed by atoms with van der Waals surface area (Å²) in [5.74, 6) is -3.05. The number of ether oxygens (including phenoxy) is 3. The van der Waals surface area contributed by atoms with E-state index < -0.39 is 17.9 Å². The predicted octanol–water partition coefficient (Wildman–Crippen LogP) is 0.834. The lowest BCUT2D eigenvalue weighted by Gasteiger charge is -2.52. The normalized spacial score (nSPS) is 41.5. The van der Waals surface area contributed by atoms with Crippen LogP contribution in [0.5, 0.6) is 0 Å². The van der Waals surface area contributed by atoms with Crippen LogP contribution in [0.4, 0.5) is 0 Å². The number of aliphatic carboxylic acids is 1. The van der Waals surface area contributed by atoms with Gasteiger partial charge in [0.25, 0.3) is 5.97 Å². The summed E-state index contributed by atoms with van der Waals surface area (Å²) < 4.78 is 16.4. The lowest BCUT2D eigenvalue weighted by molar-refractivity contribution is -0.479. The minimum absolute atomic E-state index is 0.126. The van der Waals surface area contributed by atoms with Crippen LogP contribution < -0.4 is 0 Å². The highest BCUT2D eigenvalue weighted by Gasteiger charge is 2.56. The average Bonchev–Trinajstić information content (AvgIpc) is 2.20. The summed E-state index contributed by atoms with van der Waals surface area (Å²) in [5.41, 5.74) is -0.126. The van der Waals surface area contributed by atoms with Gasteiger partial charge in [0.05, 0.1) is 19.8 Å². The summed E-state index contributed by atoms with van der Waals surface area (Å²) in [7, 11) is 0. The van der Waals surface area contributed by atoms with Gasteiger partial charge in [-0.1, -0.05) is 13.8 Å². The standard InChI is InChI=1S/C10H16O5/c1-3-7(8(11)12)10-13-4-9(2,5-14-10)6-15-10/h7H,3-6H2,1-2H3,(H,11,12). The molecule has 0 aliphatic carbocycles. The summed E-state index contributed by atoms with van der Waals surface area (Å²) in [6.45, 7) is 5.27. The molecule has 0 saturated carbocycles. The van der Waals surface area contributed by atoms with E-state index in [4.69, 9.17) is 19.3 Å². The van der Waals surface area contributed by atoms with Crippen LogP contribution in [0.3, 0.4) is 0 Å². The topological polar surface area (TPSA) is 65.0 Å². The van der Waals surface area contributed by atoms with Crippen LogP contribution in [0, 0.1) is 11.3 Å². The molecule has 2 bridgehead atoms. The molecule has 3 saturated heterocycles. The molecule has 1 N–H and O–H groups in total. The van der Waals surface area contributed by atoms with Gasteiger partial charge < -0.3 is 19.3 Å². The van der Waals surface area contributed by atoms with E-state index >= 15 is 0 Å². The van der Waals surface area contributed by atoms with Gasteiger partial charge >= 0.3 is 5.97 Å². The number of carboxylic acid groups (broad SMARTS) is 1. The molecule has 3 heterocycles. The second-order valence-corrected chi connectivity index (χ2v) is 4.58. The van der Waals surface area contributed by atoms with E-state index in [2.05, 4.69) is 0 Å². The third kappa shape index (κ3) is 1.64. The summed E-state index contributed by atoms with van der Waals surface area (Å²) in [6.07, 6.45) is 0.423. The molecule has 0 aromatic heterocycles. The highest BCUT2D eigenvalue weighted by Crippen LogP contribution is 2.42. The van der Waals surface area contributed by atoms with Gasteiger partial charge in [-0.05, 0) is 6.42 Å². The number of rotatable bonds is 3. The van der Waals surface area contributed by atoms with E-state index in [1.807, 2.05) is 6.92 Å². The SMILES string of the molecule is CCC(C(=O)O)C12OCC(C)(CO1)CO2. The van der Waals surface area contributed by atoms with E-state index in [1.165, 1.54) is 0 Å². The molecule has 3 rings (SSSR count). The van der Waals surface area contributed by atoms with Crippen LogP contribution in [0.1, 0.15) is 20.3 Å². The average molecular weight is 216 g/mol. The van der Waals surface area contributed by atoms with Gasteiger partial charge in [0, 0.05) is 5.41 Å². The minimum atomic E-state index is -1.35. The van der Waals surface area contributed by atoms with Crippen LogP contribution in [-0.2, 0) is 19.0 Å². The molecule has 0 aromatic carbocycles. The van der Waals surface area contributed by atoms with Crippen LogP contribution >= 0.6 is 0 Å². The largest absolute Gasteiger partial charge is 0.481 e. The molecule has 0 aromatic rings. The highest BCUT2D eigenvalue weighted by atomic mass is 16.9. The van der Waals surface area contributed by atoms with Crippen molar-refractivity contribution >= 4 is 5.97 Å². The Morgan fingerprint density at radius 3 is 2.13 bits per heavy atom. The molecule has 3 aliphatic rings. The summed E-state index contributed by atoms with van der Waals surface area (Å²) in [5, 5.41) is 9.06. The molecule has 1 atom stereocenters. The number of carbonyl (C=O) groups is 1. The Balaban J connectivity index is 2.17. The van der Waals surface area contributed by atoms with Gasteiger partial charge in [0.1, 0.15) is 5.92 Å². The second-order valence-electron chi connectivity index (χ2n) is 4.58. The van der Waals surface area contributed by atoms with Crippen molar-refractivity contribution in [3.63, 3.8) is 0 Å². The molecule has 0 spiro atoms. The van der Waals surface area contributed by atoms with Crippen molar-refractivity contribution in [2.24, 2.45) is 11.3 Å². The summed E-state index contributed by atoms with van der Waals surface area (Å²) in [4.78, 5) is 11.1. The molecule has 1 unspecified atom stereocenters. The number of hydrogen-bond donors (Lipinski definition) is 1. The van der Waals surface area contributed by atoms with Gasteiger partial charge in [-0.3, -0.25) is 4.79 Å². The maximum absolute atomic E-state index is 11.1. The van der Waals surface area contributed by atoms with E-state index in [-0.39, 0.29) is 5.41 Å². The van der Waals surface area contributed by atoms with Gasteiger partial charge in [-0.25, -0.2) is 0 Å².